The predicted octanol–water partition coefficient (Wildman–Crippen LogP) is 3.05. The molecule has 4 rings (SSSR count). The molecule has 28 heavy (non-hydrogen) atoms. The van der Waals surface area contributed by atoms with Crippen LogP contribution in [0.4, 0.5) is 4.39 Å². The maximum atomic E-state index is 13.0. The highest BCUT2D eigenvalue weighted by molar-refractivity contribution is 5.77. The third kappa shape index (κ3) is 3.84. The summed E-state index contributed by atoms with van der Waals surface area (Å²) in [6, 6.07) is 16.2. The average molecular weight is 379 g/mol. The van der Waals surface area contributed by atoms with Crippen LogP contribution in [0.1, 0.15) is 17.2 Å². The minimum atomic E-state index is -0.235. The molecule has 0 radical (unpaired) electrons. The van der Waals surface area contributed by atoms with E-state index in [-0.39, 0.29) is 5.82 Å². The molecule has 0 saturated carbocycles. The van der Waals surface area contributed by atoms with Crippen LogP contribution in [0.2, 0.25) is 0 Å². The van der Waals surface area contributed by atoms with E-state index in [4.69, 9.17) is 8.94 Å². The number of rotatable bonds is 6. The van der Waals surface area contributed by atoms with Crippen molar-refractivity contribution in [3.8, 4) is 22.7 Å². The first-order valence-electron chi connectivity index (χ1n) is 9.00. The Balaban J connectivity index is 1.52. The molecule has 0 aliphatic heterocycles. The van der Waals surface area contributed by atoms with Crippen LogP contribution in [0.25, 0.3) is 22.7 Å². The first kappa shape index (κ1) is 18.1. The van der Waals surface area contributed by atoms with Crippen molar-refractivity contribution in [2.45, 2.75) is 20.0 Å². The van der Waals surface area contributed by atoms with E-state index >= 15 is 0 Å². The zero-order valence-electron chi connectivity index (χ0n) is 15.6. The topological polar surface area (TPSA) is 69.4 Å². The van der Waals surface area contributed by atoms with Gasteiger partial charge < -0.3 is 13.8 Å². The van der Waals surface area contributed by atoms with Gasteiger partial charge in [-0.05, 0) is 19.1 Å². The van der Waals surface area contributed by atoms with Crippen molar-refractivity contribution in [2.24, 2.45) is 0 Å². The second-order valence-corrected chi connectivity index (χ2v) is 6.77. The van der Waals surface area contributed by atoms with E-state index in [0.29, 0.717) is 35.3 Å². The summed E-state index contributed by atoms with van der Waals surface area (Å²) >= 11 is 0. The smallest absolute Gasteiger partial charge is 0.271 e. The molecule has 0 bridgehead atoms. The Morgan fingerprint density at radius 2 is 1.71 bits per heavy atom. The van der Waals surface area contributed by atoms with Gasteiger partial charge in [0.2, 0.25) is 0 Å². The summed E-state index contributed by atoms with van der Waals surface area (Å²) in [5.41, 5.74) is 3.36. The lowest BCUT2D eigenvalue weighted by Gasteiger charge is -2.11. The number of hydrogen-bond acceptors (Lipinski definition) is 5. The van der Waals surface area contributed by atoms with E-state index < -0.39 is 0 Å². The van der Waals surface area contributed by atoms with Gasteiger partial charge in [-0.15, -0.1) is 10.2 Å². The molecule has 1 N–H and O–H groups in total. The van der Waals surface area contributed by atoms with Crippen LogP contribution in [-0.2, 0) is 13.1 Å². The monoisotopic (exact) mass is 379 g/mol. The van der Waals surface area contributed by atoms with Crippen molar-refractivity contribution >= 4 is 0 Å². The standard InChI is InChI=1S/C21H19FN4O2/c1-14-19(20(25-28-14)16-6-4-3-5-7-16)21-24-23-18(27-21)13-26(2)12-15-8-10-17(22)11-9-15/h3-11H,12-13H2,1-2H3/p+1. The van der Waals surface area contributed by atoms with Gasteiger partial charge in [0.25, 0.3) is 11.8 Å². The molecule has 1 unspecified atom stereocenters. The van der Waals surface area contributed by atoms with Gasteiger partial charge >= 0.3 is 0 Å². The van der Waals surface area contributed by atoms with Gasteiger partial charge in [0, 0.05) is 11.1 Å². The highest BCUT2D eigenvalue weighted by Gasteiger charge is 2.22. The Kier molecular flexibility index (Phi) is 4.99. The number of benzene rings is 2. The maximum absolute atomic E-state index is 13.0. The second-order valence-electron chi connectivity index (χ2n) is 6.77. The molecule has 0 aliphatic rings. The summed E-state index contributed by atoms with van der Waals surface area (Å²) in [6.45, 7) is 3.10. The van der Waals surface area contributed by atoms with Crippen LogP contribution in [0.15, 0.2) is 63.5 Å². The first-order chi connectivity index (χ1) is 13.6. The van der Waals surface area contributed by atoms with E-state index in [0.717, 1.165) is 22.6 Å². The molecule has 2 heterocycles. The maximum Gasteiger partial charge on any atom is 0.271 e. The zero-order valence-corrected chi connectivity index (χ0v) is 15.6. The van der Waals surface area contributed by atoms with Crippen LogP contribution in [0.5, 0.6) is 0 Å². The van der Waals surface area contributed by atoms with Crippen molar-refractivity contribution in [3.63, 3.8) is 0 Å². The Bertz CT molecular complexity index is 1060. The number of quaternary nitrogens is 1. The Hall–Kier alpha value is -3.32. The lowest BCUT2D eigenvalue weighted by atomic mass is 10.1. The molecule has 2 aromatic carbocycles. The van der Waals surface area contributed by atoms with Gasteiger partial charge in [0.1, 0.15) is 29.4 Å². The number of aryl methyl sites for hydroxylation is 1. The molecule has 0 amide bonds. The number of nitrogens with zero attached hydrogens (tertiary/aromatic N) is 3. The van der Waals surface area contributed by atoms with Crippen LogP contribution in [-0.4, -0.2) is 22.4 Å². The molecule has 2 aromatic heterocycles. The summed E-state index contributed by atoms with van der Waals surface area (Å²) in [5.74, 6) is 1.30. The van der Waals surface area contributed by atoms with Crippen LogP contribution in [0, 0.1) is 12.7 Å². The average Bonchev–Trinajstić information content (AvgIpc) is 3.30. The fourth-order valence-electron chi connectivity index (χ4n) is 3.11. The molecule has 7 heteroatoms. The summed E-state index contributed by atoms with van der Waals surface area (Å²) in [7, 11) is 2.02. The molecule has 6 nitrogen and oxygen atoms in total. The third-order valence-electron chi connectivity index (χ3n) is 4.46. The van der Waals surface area contributed by atoms with Crippen molar-refractivity contribution in [1.29, 1.82) is 0 Å². The normalized spacial score (nSPS) is 12.2. The number of hydrogen-bond donors (Lipinski definition) is 1. The van der Waals surface area contributed by atoms with Crippen molar-refractivity contribution in [2.75, 3.05) is 7.05 Å². The minimum absolute atomic E-state index is 0.235. The highest BCUT2D eigenvalue weighted by atomic mass is 19.1. The van der Waals surface area contributed by atoms with E-state index in [2.05, 4.69) is 15.4 Å². The molecule has 0 fully saturated rings. The molecule has 0 saturated heterocycles. The van der Waals surface area contributed by atoms with Crippen LogP contribution >= 0.6 is 0 Å². The van der Waals surface area contributed by atoms with Gasteiger partial charge in [-0.25, -0.2) is 4.39 Å². The fraction of sp³-hybridized carbons (Fsp3) is 0.190. The van der Waals surface area contributed by atoms with E-state index in [1.807, 2.05) is 44.3 Å². The molecule has 4 aromatic rings. The van der Waals surface area contributed by atoms with Gasteiger partial charge in [-0.2, -0.15) is 0 Å². The Morgan fingerprint density at radius 1 is 0.964 bits per heavy atom. The fourth-order valence-corrected chi connectivity index (χ4v) is 3.11. The van der Waals surface area contributed by atoms with Gasteiger partial charge in [0.05, 0.1) is 7.05 Å². The summed E-state index contributed by atoms with van der Waals surface area (Å²) in [6.07, 6.45) is 0. The summed E-state index contributed by atoms with van der Waals surface area (Å²) in [4.78, 5) is 1.15. The van der Waals surface area contributed by atoms with Gasteiger partial charge in [0.15, 0.2) is 6.54 Å². The lowest BCUT2D eigenvalue weighted by Crippen LogP contribution is -3.06. The van der Waals surface area contributed by atoms with Gasteiger partial charge in [-0.1, -0.05) is 47.6 Å². The third-order valence-corrected chi connectivity index (χ3v) is 4.46. The number of aromatic nitrogens is 3. The van der Waals surface area contributed by atoms with Crippen molar-refractivity contribution < 1.29 is 18.2 Å². The number of halogens is 1. The van der Waals surface area contributed by atoms with Crippen LogP contribution in [0.3, 0.4) is 0 Å². The van der Waals surface area contributed by atoms with E-state index in [1.54, 1.807) is 12.1 Å². The molecular weight excluding hydrogens is 359 g/mol. The van der Waals surface area contributed by atoms with Crippen LogP contribution < -0.4 is 4.90 Å². The molecular formula is C21H20FN4O2+. The minimum Gasteiger partial charge on any atom is -0.415 e. The molecule has 0 spiro atoms. The largest absolute Gasteiger partial charge is 0.415 e. The Labute approximate surface area is 161 Å². The molecule has 1 atom stereocenters. The van der Waals surface area contributed by atoms with E-state index in [1.165, 1.54) is 12.1 Å². The molecule has 0 aliphatic carbocycles. The van der Waals surface area contributed by atoms with E-state index in [9.17, 15) is 4.39 Å². The van der Waals surface area contributed by atoms with Gasteiger partial charge in [-0.3, -0.25) is 0 Å². The SMILES string of the molecule is Cc1onc(-c2ccccc2)c1-c1nnc(C[NH+](C)Cc2ccc(F)cc2)o1. The quantitative estimate of drug-likeness (QED) is 0.558. The number of nitrogens with one attached hydrogen (secondary N) is 1. The second kappa shape index (κ2) is 7.74. The van der Waals surface area contributed by atoms with Crippen molar-refractivity contribution in [3.05, 3.63) is 77.6 Å². The highest BCUT2D eigenvalue weighted by Crippen LogP contribution is 2.33. The Morgan fingerprint density at radius 3 is 2.46 bits per heavy atom. The van der Waals surface area contributed by atoms with Crippen molar-refractivity contribution in [1.82, 2.24) is 15.4 Å². The predicted molar refractivity (Wildman–Crippen MR) is 101 cm³/mol. The first-order valence-corrected chi connectivity index (χ1v) is 9.00. The summed E-state index contributed by atoms with van der Waals surface area (Å²) in [5, 5.41) is 12.5. The summed E-state index contributed by atoms with van der Waals surface area (Å²) < 4.78 is 24.3. The zero-order chi connectivity index (χ0) is 19.5. The lowest BCUT2D eigenvalue weighted by molar-refractivity contribution is -0.909. The molecule has 142 valence electrons.